The number of halogens is 1. The number of aromatic amines is 1. The Labute approximate surface area is 156 Å². The zero-order valence-corrected chi connectivity index (χ0v) is 14.8. The second-order valence-corrected chi connectivity index (χ2v) is 6.33. The number of hydrogen-bond donors (Lipinski definition) is 2. The average Bonchev–Trinajstić information content (AvgIpc) is 3.33. The molecule has 2 N–H and O–H groups in total. The largest absolute Gasteiger partial charge is 0.492 e. The summed E-state index contributed by atoms with van der Waals surface area (Å²) < 4.78 is 19.0. The summed E-state index contributed by atoms with van der Waals surface area (Å²) in [7, 11) is 1.41. The average molecular weight is 366 g/mol. The summed E-state index contributed by atoms with van der Waals surface area (Å²) >= 11 is 0. The van der Waals surface area contributed by atoms with E-state index in [0.717, 1.165) is 16.8 Å². The molecule has 138 valence electrons. The van der Waals surface area contributed by atoms with E-state index in [2.05, 4.69) is 15.5 Å². The topological polar surface area (TPSA) is 70.2 Å². The van der Waals surface area contributed by atoms with Crippen molar-refractivity contribution in [3.8, 4) is 16.9 Å². The SMILES string of the molecule is COc1c(F)cccc1N[C@@H]1CCN(c2ccc(-c3cn[nH]c3)cc2)C1=O. The number of carbonyl (C=O) groups excluding carboxylic acids is 1. The van der Waals surface area contributed by atoms with Crippen LogP contribution in [0.15, 0.2) is 54.9 Å². The van der Waals surface area contributed by atoms with Crippen molar-refractivity contribution >= 4 is 17.3 Å². The molecule has 2 heterocycles. The second kappa shape index (κ2) is 7.11. The third-order valence-corrected chi connectivity index (χ3v) is 4.72. The van der Waals surface area contributed by atoms with Crippen LogP contribution >= 0.6 is 0 Å². The Morgan fingerprint density at radius 3 is 2.74 bits per heavy atom. The van der Waals surface area contributed by atoms with Gasteiger partial charge in [0.2, 0.25) is 5.91 Å². The number of benzene rings is 2. The normalized spacial score (nSPS) is 16.6. The van der Waals surface area contributed by atoms with Crippen LogP contribution in [0.4, 0.5) is 15.8 Å². The molecule has 0 saturated carbocycles. The maximum Gasteiger partial charge on any atom is 0.249 e. The highest BCUT2D eigenvalue weighted by molar-refractivity contribution is 6.01. The third kappa shape index (κ3) is 3.23. The fraction of sp³-hybridized carbons (Fsp3) is 0.200. The maximum absolute atomic E-state index is 13.9. The smallest absolute Gasteiger partial charge is 0.249 e. The summed E-state index contributed by atoms with van der Waals surface area (Å²) in [6, 6.07) is 12.0. The van der Waals surface area contributed by atoms with Gasteiger partial charge >= 0.3 is 0 Å². The first-order valence-electron chi connectivity index (χ1n) is 8.67. The maximum atomic E-state index is 13.9. The quantitative estimate of drug-likeness (QED) is 0.726. The number of methoxy groups -OCH3 is 1. The van der Waals surface area contributed by atoms with Crippen molar-refractivity contribution in [1.82, 2.24) is 10.2 Å². The van der Waals surface area contributed by atoms with E-state index in [1.165, 1.54) is 13.2 Å². The predicted molar refractivity (Wildman–Crippen MR) is 101 cm³/mol. The van der Waals surface area contributed by atoms with Gasteiger partial charge < -0.3 is 15.0 Å². The number of amides is 1. The summed E-state index contributed by atoms with van der Waals surface area (Å²) in [4.78, 5) is 14.6. The third-order valence-electron chi connectivity index (χ3n) is 4.72. The first-order chi connectivity index (χ1) is 13.2. The van der Waals surface area contributed by atoms with E-state index < -0.39 is 11.9 Å². The van der Waals surface area contributed by atoms with Gasteiger partial charge in [0.05, 0.1) is 19.0 Å². The van der Waals surface area contributed by atoms with Crippen molar-refractivity contribution in [1.29, 1.82) is 0 Å². The second-order valence-electron chi connectivity index (χ2n) is 6.33. The van der Waals surface area contributed by atoms with E-state index >= 15 is 0 Å². The van der Waals surface area contributed by atoms with Gasteiger partial charge in [-0.1, -0.05) is 18.2 Å². The van der Waals surface area contributed by atoms with E-state index in [-0.39, 0.29) is 11.7 Å². The number of nitrogens with zero attached hydrogens (tertiary/aromatic N) is 2. The van der Waals surface area contributed by atoms with Gasteiger partial charge in [-0.25, -0.2) is 4.39 Å². The molecule has 1 aliphatic heterocycles. The van der Waals surface area contributed by atoms with Crippen LogP contribution in [0.25, 0.3) is 11.1 Å². The van der Waals surface area contributed by atoms with Crippen LogP contribution < -0.4 is 15.0 Å². The summed E-state index contributed by atoms with van der Waals surface area (Å²) in [5, 5.41) is 9.85. The number of H-pyrrole nitrogens is 1. The number of aromatic nitrogens is 2. The van der Waals surface area contributed by atoms with Crippen molar-refractivity contribution in [2.45, 2.75) is 12.5 Å². The molecule has 1 aromatic heterocycles. The Morgan fingerprint density at radius 2 is 2.04 bits per heavy atom. The van der Waals surface area contributed by atoms with E-state index in [0.29, 0.717) is 18.7 Å². The molecule has 0 radical (unpaired) electrons. The summed E-state index contributed by atoms with van der Waals surface area (Å²) in [5.74, 6) is -0.384. The van der Waals surface area contributed by atoms with Crippen molar-refractivity contribution in [2.75, 3.05) is 23.9 Å². The first kappa shape index (κ1) is 17.1. The van der Waals surface area contributed by atoms with Crippen LogP contribution in [0.2, 0.25) is 0 Å². The van der Waals surface area contributed by atoms with Crippen LogP contribution in [-0.2, 0) is 4.79 Å². The highest BCUT2D eigenvalue weighted by Crippen LogP contribution is 2.31. The highest BCUT2D eigenvalue weighted by atomic mass is 19.1. The molecule has 1 atom stereocenters. The minimum atomic E-state index is -0.459. The molecule has 0 spiro atoms. The minimum Gasteiger partial charge on any atom is -0.492 e. The van der Waals surface area contributed by atoms with E-state index in [1.54, 1.807) is 23.2 Å². The fourth-order valence-corrected chi connectivity index (χ4v) is 3.33. The minimum absolute atomic E-state index is 0.0441. The van der Waals surface area contributed by atoms with Crippen LogP contribution in [0.3, 0.4) is 0 Å². The molecule has 1 saturated heterocycles. The molecule has 27 heavy (non-hydrogen) atoms. The lowest BCUT2D eigenvalue weighted by molar-refractivity contribution is -0.117. The van der Waals surface area contributed by atoms with E-state index in [1.807, 2.05) is 30.5 Å². The summed E-state index contributed by atoms with van der Waals surface area (Å²) in [6.07, 6.45) is 4.20. The van der Waals surface area contributed by atoms with Crippen LogP contribution in [0, 0.1) is 5.82 Å². The number of carbonyl (C=O) groups is 1. The molecule has 0 aliphatic carbocycles. The Kier molecular flexibility index (Phi) is 4.50. The molecular formula is C20H19FN4O2. The van der Waals surface area contributed by atoms with Gasteiger partial charge in [0.15, 0.2) is 11.6 Å². The summed E-state index contributed by atoms with van der Waals surface area (Å²) in [6.45, 7) is 0.596. The predicted octanol–water partition coefficient (Wildman–Crippen LogP) is 3.44. The van der Waals surface area contributed by atoms with Gasteiger partial charge in [-0.15, -0.1) is 0 Å². The van der Waals surface area contributed by atoms with Gasteiger partial charge in [0.25, 0.3) is 0 Å². The van der Waals surface area contributed by atoms with E-state index in [4.69, 9.17) is 4.74 Å². The van der Waals surface area contributed by atoms with Crippen LogP contribution in [0.1, 0.15) is 6.42 Å². The molecule has 3 aromatic rings. The molecule has 1 amide bonds. The zero-order chi connectivity index (χ0) is 18.8. The van der Waals surface area contributed by atoms with E-state index in [9.17, 15) is 9.18 Å². The molecule has 1 aliphatic rings. The number of para-hydroxylation sites is 1. The molecule has 4 rings (SSSR count). The monoisotopic (exact) mass is 366 g/mol. The van der Waals surface area contributed by atoms with Crippen molar-refractivity contribution in [2.24, 2.45) is 0 Å². The lowest BCUT2D eigenvalue weighted by Crippen LogP contribution is -2.33. The highest BCUT2D eigenvalue weighted by Gasteiger charge is 2.33. The first-order valence-corrected chi connectivity index (χ1v) is 8.67. The molecule has 0 unspecified atom stereocenters. The summed E-state index contributed by atoms with van der Waals surface area (Å²) in [5.41, 5.74) is 3.33. The van der Waals surface area contributed by atoms with Crippen LogP contribution in [-0.4, -0.2) is 35.8 Å². The lowest BCUT2D eigenvalue weighted by atomic mass is 10.1. The lowest BCUT2D eigenvalue weighted by Gasteiger charge is -2.19. The Balaban J connectivity index is 1.50. The molecule has 0 bridgehead atoms. The number of anilines is 2. The van der Waals surface area contributed by atoms with Crippen molar-refractivity contribution in [3.05, 3.63) is 60.7 Å². The number of ether oxygens (including phenoxy) is 1. The number of rotatable bonds is 5. The fourth-order valence-electron chi connectivity index (χ4n) is 3.33. The number of nitrogens with one attached hydrogen (secondary N) is 2. The standard InChI is InChI=1S/C20H19FN4O2/c1-27-19-16(21)3-2-4-17(19)24-18-9-10-25(20(18)26)15-7-5-13(6-8-15)14-11-22-23-12-14/h2-8,11-12,18,24H,9-10H2,1H3,(H,22,23)/t18-/m1/s1. The van der Waals surface area contributed by atoms with Gasteiger partial charge in [0.1, 0.15) is 6.04 Å². The Hall–Kier alpha value is -3.35. The van der Waals surface area contributed by atoms with Crippen LogP contribution in [0.5, 0.6) is 5.75 Å². The van der Waals surface area contributed by atoms with Gasteiger partial charge in [-0.2, -0.15) is 5.10 Å². The van der Waals surface area contributed by atoms with Crippen molar-refractivity contribution in [3.63, 3.8) is 0 Å². The van der Waals surface area contributed by atoms with Gasteiger partial charge in [-0.3, -0.25) is 9.89 Å². The molecule has 6 nitrogen and oxygen atoms in total. The Morgan fingerprint density at radius 1 is 1.22 bits per heavy atom. The Bertz CT molecular complexity index is 941. The molecular weight excluding hydrogens is 347 g/mol. The van der Waals surface area contributed by atoms with Gasteiger partial charge in [-0.05, 0) is 36.2 Å². The molecule has 7 heteroatoms. The molecule has 2 aromatic carbocycles. The zero-order valence-electron chi connectivity index (χ0n) is 14.8. The van der Waals surface area contributed by atoms with Crippen molar-refractivity contribution < 1.29 is 13.9 Å². The molecule has 1 fully saturated rings. The van der Waals surface area contributed by atoms with Gasteiger partial charge in [0, 0.05) is 24.0 Å². The number of hydrogen-bond acceptors (Lipinski definition) is 4.